The van der Waals surface area contributed by atoms with E-state index in [1.54, 1.807) is 10.9 Å². The summed E-state index contributed by atoms with van der Waals surface area (Å²) < 4.78 is 1.79. The third-order valence-corrected chi connectivity index (χ3v) is 3.13. The summed E-state index contributed by atoms with van der Waals surface area (Å²) in [6.45, 7) is 2.46. The minimum absolute atomic E-state index is 0.109. The molecule has 5 heteroatoms. The first-order chi connectivity index (χ1) is 9.72. The molecule has 0 spiro atoms. The molecule has 0 unspecified atom stereocenters. The second kappa shape index (κ2) is 6.86. The zero-order valence-corrected chi connectivity index (χ0v) is 11.6. The van der Waals surface area contributed by atoms with Crippen LogP contribution >= 0.6 is 0 Å². The predicted octanol–water partition coefficient (Wildman–Crippen LogP) is 1.62. The Morgan fingerprint density at radius 3 is 2.90 bits per heavy atom. The number of benzene rings is 1. The van der Waals surface area contributed by atoms with E-state index in [0.717, 1.165) is 17.7 Å². The maximum Gasteiger partial charge on any atom is 0.237 e. The highest BCUT2D eigenvalue weighted by molar-refractivity contribution is 5.81. The van der Waals surface area contributed by atoms with Crippen LogP contribution in [0.1, 0.15) is 25.3 Å². The number of nitrogens with zero attached hydrogens (tertiary/aromatic N) is 2. The Morgan fingerprint density at radius 2 is 2.20 bits per heavy atom. The van der Waals surface area contributed by atoms with Gasteiger partial charge in [-0.1, -0.05) is 31.5 Å². The molecule has 1 atom stereocenters. The van der Waals surface area contributed by atoms with Gasteiger partial charge in [0.25, 0.3) is 0 Å². The normalized spacial score (nSPS) is 12.1. The summed E-state index contributed by atoms with van der Waals surface area (Å²) in [4.78, 5) is 11.8. The second-order valence-corrected chi connectivity index (χ2v) is 4.69. The molecule has 2 rings (SSSR count). The molecule has 0 aliphatic carbocycles. The fraction of sp³-hybridized carbons (Fsp3) is 0.333. The monoisotopic (exact) mass is 272 g/mol. The first-order valence-corrected chi connectivity index (χ1v) is 6.83. The summed E-state index contributed by atoms with van der Waals surface area (Å²) in [7, 11) is 0. The van der Waals surface area contributed by atoms with E-state index in [4.69, 9.17) is 5.73 Å². The lowest BCUT2D eigenvalue weighted by atomic mass is 10.1. The van der Waals surface area contributed by atoms with Crippen molar-refractivity contribution in [1.29, 1.82) is 0 Å². The molecule has 1 heterocycles. The molecular weight excluding hydrogens is 252 g/mol. The highest BCUT2D eigenvalue weighted by Crippen LogP contribution is 2.13. The summed E-state index contributed by atoms with van der Waals surface area (Å²) in [6.07, 6.45) is 5.21. The zero-order chi connectivity index (χ0) is 14.4. The van der Waals surface area contributed by atoms with Crippen molar-refractivity contribution in [2.24, 2.45) is 5.73 Å². The maximum absolute atomic E-state index is 11.8. The number of carbonyl (C=O) groups excluding carboxylic acids is 1. The van der Waals surface area contributed by atoms with Gasteiger partial charge in [0.15, 0.2) is 0 Å². The fourth-order valence-corrected chi connectivity index (χ4v) is 2.05. The van der Waals surface area contributed by atoms with E-state index in [1.807, 2.05) is 43.5 Å². The summed E-state index contributed by atoms with van der Waals surface area (Å²) >= 11 is 0. The van der Waals surface area contributed by atoms with Crippen molar-refractivity contribution < 1.29 is 4.79 Å². The highest BCUT2D eigenvalue weighted by atomic mass is 16.2. The Morgan fingerprint density at radius 1 is 1.40 bits per heavy atom. The van der Waals surface area contributed by atoms with Crippen molar-refractivity contribution in [1.82, 2.24) is 15.1 Å². The lowest BCUT2D eigenvalue weighted by Crippen LogP contribution is -2.40. The van der Waals surface area contributed by atoms with Crippen LogP contribution in [-0.2, 0) is 11.3 Å². The summed E-state index contributed by atoms with van der Waals surface area (Å²) in [5.41, 5.74) is 7.76. The van der Waals surface area contributed by atoms with Crippen molar-refractivity contribution >= 4 is 5.91 Å². The molecule has 0 saturated heterocycles. The van der Waals surface area contributed by atoms with Crippen molar-refractivity contribution in [3.8, 4) is 5.69 Å². The molecule has 2 aromatic rings. The average molecular weight is 272 g/mol. The van der Waals surface area contributed by atoms with Crippen LogP contribution in [0.5, 0.6) is 0 Å². The lowest BCUT2D eigenvalue weighted by molar-refractivity contribution is -0.122. The molecule has 106 valence electrons. The molecule has 0 aliphatic rings. The van der Waals surface area contributed by atoms with Crippen LogP contribution in [0.25, 0.3) is 5.69 Å². The van der Waals surface area contributed by atoms with Crippen LogP contribution in [-0.4, -0.2) is 21.7 Å². The molecule has 0 aliphatic heterocycles. The minimum atomic E-state index is -0.433. The Hall–Kier alpha value is -2.14. The van der Waals surface area contributed by atoms with Crippen molar-refractivity contribution in [3.63, 3.8) is 0 Å². The van der Waals surface area contributed by atoms with Gasteiger partial charge in [-0.2, -0.15) is 5.10 Å². The molecule has 0 bridgehead atoms. The minimum Gasteiger partial charge on any atom is -0.351 e. The third kappa shape index (κ3) is 3.45. The van der Waals surface area contributed by atoms with Crippen LogP contribution in [0.4, 0.5) is 0 Å². The van der Waals surface area contributed by atoms with Gasteiger partial charge in [0, 0.05) is 18.9 Å². The largest absolute Gasteiger partial charge is 0.351 e. The van der Waals surface area contributed by atoms with Crippen LogP contribution in [0, 0.1) is 0 Å². The standard InChI is InChI=1S/C15H20N4O/c1-2-6-13(16)15(20)17-11-12-7-3-4-8-14(12)19-10-5-9-18-19/h3-5,7-10,13H,2,6,11,16H2,1H3,(H,17,20)/t13-/m1/s1. The first-order valence-electron chi connectivity index (χ1n) is 6.83. The molecule has 3 N–H and O–H groups in total. The zero-order valence-electron chi connectivity index (χ0n) is 11.6. The van der Waals surface area contributed by atoms with Gasteiger partial charge in [0.1, 0.15) is 0 Å². The van der Waals surface area contributed by atoms with Gasteiger partial charge >= 0.3 is 0 Å². The number of carbonyl (C=O) groups is 1. The number of hydrogen-bond donors (Lipinski definition) is 2. The molecule has 1 aromatic heterocycles. The van der Waals surface area contributed by atoms with Gasteiger partial charge < -0.3 is 11.1 Å². The molecule has 0 radical (unpaired) electrons. The van der Waals surface area contributed by atoms with Gasteiger partial charge in [0.05, 0.1) is 11.7 Å². The Bertz CT molecular complexity index is 551. The van der Waals surface area contributed by atoms with E-state index in [1.165, 1.54) is 0 Å². The fourth-order valence-electron chi connectivity index (χ4n) is 2.05. The van der Waals surface area contributed by atoms with E-state index >= 15 is 0 Å². The van der Waals surface area contributed by atoms with Crippen LogP contribution in [0.2, 0.25) is 0 Å². The van der Waals surface area contributed by atoms with Gasteiger partial charge in [0.2, 0.25) is 5.91 Å². The summed E-state index contributed by atoms with van der Waals surface area (Å²) in [5, 5.41) is 7.10. The quantitative estimate of drug-likeness (QED) is 0.839. The topological polar surface area (TPSA) is 72.9 Å². The SMILES string of the molecule is CCC[C@@H](N)C(=O)NCc1ccccc1-n1cccn1. The van der Waals surface area contributed by atoms with Gasteiger partial charge in [-0.3, -0.25) is 4.79 Å². The Kier molecular flexibility index (Phi) is 4.90. The molecular formula is C15H20N4O. The van der Waals surface area contributed by atoms with Crippen molar-refractivity contribution in [2.75, 3.05) is 0 Å². The molecule has 1 amide bonds. The Labute approximate surface area is 118 Å². The number of amides is 1. The van der Waals surface area contributed by atoms with E-state index in [0.29, 0.717) is 13.0 Å². The number of nitrogens with one attached hydrogen (secondary N) is 1. The van der Waals surface area contributed by atoms with Crippen molar-refractivity contribution in [2.45, 2.75) is 32.4 Å². The van der Waals surface area contributed by atoms with E-state index in [2.05, 4.69) is 10.4 Å². The molecule has 0 fully saturated rings. The van der Waals surface area contributed by atoms with Crippen molar-refractivity contribution in [3.05, 3.63) is 48.3 Å². The number of aromatic nitrogens is 2. The van der Waals surface area contributed by atoms with E-state index in [9.17, 15) is 4.79 Å². The number of para-hydroxylation sites is 1. The maximum atomic E-state index is 11.8. The van der Waals surface area contributed by atoms with E-state index < -0.39 is 6.04 Å². The smallest absolute Gasteiger partial charge is 0.237 e. The molecule has 0 saturated carbocycles. The summed E-state index contributed by atoms with van der Waals surface area (Å²) in [5.74, 6) is -0.109. The van der Waals surface area contributed by atoms with Crippen LogP contribution < -0.4 is 11.1 Å². The average Bonchev–Trinajstić information content (AvgIpc) is 2.99. The van der Waals surface area contributed by atoms with Gasteiger partial charge in [-0.05, 0) is 24.1 Å². The number of hydrogen-bond acceptors (Lipinski definition) is 3. The summed E-state index contributed by atoms with van der Waals surface area (Å²) in [6, 6.07) is 9.28. The number of nitrogens with two attached hydrogens (primary N) is 1. The van der Waals surface area contributed by atoms with E-state index in [-0.39, 0.29) is 5.91 Å². The lowest BCUT2D eigenvalue weighted by Gasteiger charge is -2.13. The highest BCUT2D eigenvalue weighted by Gasteiger charge is 2.12. The predicted molar refractivity (Wildman–Crippen MR) is 78.3 cm³/mol. The number of rotatable bonds is 6. The molecule has 5 nitrogen and oxygen atoms in total. The van der Waals surface area contributed by atoms with Gasteiger partial charge in [-0.15, -0.1) is 0 Å². The molecule has 1 aromatic carbocycles. The Balaban J connectivity index is 2.05. The third-order valence-electron chi connectivity index (χ3n) is 3.13. The van der Waals surface area contributed by atoms with Crippen LogP contribution in [0.15, 0.2) is 42.7 Å². The van der Waals surface area contributed by atoms with Crippen LogP contribution in [0.3, 0.4) is 0 Å². The second-order valence-electron chi connectivity index (χ2n) is 4.69. The molecule has 20 heavy (non-hydrogen) atoms. The first kappa shape index (κ1) is 14.3. The van der Waals surface area contributed by atoms with Gasteiger partial charge in [-0.25, -0.2) is 4.68 Å².